The minimum absolute atomic E-state index is 0.336. The molecular formula is C23H21N7O2. The van der Waals surface area contributed by atoms with Crippen molar-refractivity contribution >= 4 is 16.9 Å². The van der Waals surface area contributed by atoms with Crippen molar-refractivity contribution in [3.05, 3.63) is 53.5 Å². The second kappa shape index (κ2) is 7.52. The van der Waals surface area contributed by atoms with Gasteiger partial charge in [0.25, 0.3) is 11.6 Å². The molecule has 4 heterocycles. The molecule has 32 heavy (non-hydrogen) atoms. The van der Waals surface area contributed by atoms with E-state index in [1.165, 1.54) is 5.56 Å². The molecule has 0 aliphatic heterocycles. The third-order valence-corrected chi connectivity index (χ3v) is 5.26. The second-order valence-electron chi connectivity index (χ2n) is 7.90. The molecule has 0 radical (unpaired) electrons. The molecule has 5 rings (SSSR count). The predicted octanol–water partition coefficient (Wildman–Crippen LogP) is 4.39. The van der Waals surface area contributed by atoms with E-state index in [4.69, 9.17) is 9.05 Å². The predicted molar refractivity (Wildman–Crippen MR) is 120 cm³/mol. The van der Waals surface area contributed by atoms with Gasteiger partial charge >= 0.3 is 0 Å². The lowest BCUT2D eigenvalue weighted by Gasteiger charge is -2.09. The Hall–Kier alpha value is -4.14. The Morgan fingerprint density at radius 3 is 2.38 bits per heavy atom. The lowest BCUT2D eigenvalue weighted by atomic mass is 10.0. The van der Waals surface area contributed by atoms with Crippen LogP contribution in [0.3, 0.4) is 0 Å². The number of hydrogen-bond donors (Lipinski definition) is 0. The third-order valence-electron chi connectivity index (χ3n) is 5.26. The van der Waals surface area contributed by atoms with Crippen LogP contribution in [0.4, 0.5) is 5.82 Å². The fraction of sp³-hybridized carbons (Fsp3) is 0.217. The van der Waals surface area contributed by atoms with Gasteiger partial charge in [0.15, 0.2) is 0 Å². The standard InChI is InChI=1S/C23H21N7O2/c1-12-6-7-15(13(2)8-12)17-9-16(20-14(3)28-32-23(20)26-17)22-27-21(29-31-22)18-10-25-19(11-24-18)30(4)5/h6-11H,1-5H3. The normalized spacial score (nSPS) is 11.3. The zero-order valence-corrected chi connectivity index (χ0v) is 18.4. The van der Waals surface area contributed by atoms with Gasteiger partial charge in [0.1, 0.15) is 11.5 Å². The summed E-state index contributed by atoms with van der Waals surface area (Å²) in [6.45, 7) is 5.98. The molecule has 160 valence electrons. The number of benzene rings is 1. The first-order chi connectivity index (χ1) is 15.4. The van der Waals surface area contributed by atoms with E-state index in [2.05, 4.69) is 56.2 Å². The van der Waals surface area contributed by atoms with E-state index in [9.17, 15) is 0 Å². The maximum absolute atomic E-state index is 5.62. The molecule has 0 unspecified atom stereocenters. The Balaban J connectivity index is 1.63. The molecule has 0 N–H and O–H groups in total. The van der Waals surface area contributed by atoms with Crippen LogP contribution in [0.25, 0.3) is 45.3 Å². The van der Waals surface area contributed by atoms with Crippen molar-refractivity contribution in [1.29, 1.82) is 0 Å². The molecule has 0 bridgehead atoms. The summed E-state index contributed by atoms with van der Waals surface area (Å²) in [6.07, 6.45) is 3.29. The Labute approximate surface area is 184 Å². The van der Waals surface area contributed by atoms with E-state index in [1.807, 2.05) is 38.1 Å². The summed E-state index contributed by atoms with van der Waals surface area (Å²) in [7, 11) is 3.80. The van der Waals surface area contributed by atoms with Gasteiger partial charge in [-0.05, 0) is 32.4 Å². The van der Waals surface area contributed by atoms with Gasteiger partial charge in [0.2, 0.25) is 5.82 Å². The van der Waals surface area contributed by atoms with Crippen LogP contribution >= 0.6 is 0 Å². The zero-order chi connectivity index (χ0) is 22.4. The number of fused-ring (bicyclic) bond motifs is 1. The summed E-state index contributed by atoms with van der Waals surface area (Å²) in [5.74, 6) is 1.43. The Morgan fingerprint density at radius 2 is 1.66 bits per heavy atom. The molecule has 9 nitrogen and oxygen atoms in total. The summed E-state index contributed by atoms with van der Waals surface area (Å²) in [5, 5.41) is 8.94. The van der Waals surface area contributed by atoms with E-state index in [-0.39, 0.29) is 0 Å². The molecule has 0 aliphatic rings. The van der Waals surface area contributed by atoms with Crippen LogP contribution in [0, 0.1) is 20.8 Å². The molecule has 1 aromatic carbocycles. The van der Waals surface area contributed by atoms with Gasteiger partial charge in [-0.25, -0.2) is 15.0 Å². The molecular weight excluding hydrogens is 406 g/mol. The van der Waals surface area contributed by atoms with Crippen molar-refractivity contribution in [2.75, 3.05) is 19.0 Å². The number of aromatic nitrogens is 6. The number of aryl methyl sites for hydroxylation is 3. The monoisotopic (exact) mass is 427 g/mol. The molecule has 0 atom stereocenters. The quantitative estimate of drug-likeness (QED) is 0.413. The van der Waals surface area contributed by atoms with E-state index in [0.29, 0.717) is 34.4 Å². The molecule has 0 saturated carbocycles. The number of pyridine rings is 1. The van der Waals surface area contributed by atoms with E-state index in [0.717, 1.165) is 28.0 Å². The van der Waals surface area contributed by atoms with Gasteiger partial charge in [-0.2, -0.15) is 4.98 Å². The zero-order valence-electron chi connectivity index (χ0n) is 18.4. The number of anilines is 1. The highest BCUT2D eigenvalue weighted by molar-refractivity contribution is 5.94. The maximum Gasteiger partial charge on any atom is 0.259 e. The SMILES string of the molecule is Cc1ccc(-c2cc(-c3nc(-c4cnc(N(C)C)cn4)no3)c3c(C)noc3n2)c(C)c1. The van der Waals surface area contributed by atoms with E-state index >= 15 is 0 Å². The van der Waals surface area contributed by atoms with Crippen LogP contribution in [-0.2, 0) is 0 Å². The van der Waals surface area contributed by atoms with E-state index in [1.54, 1.807) is 12.4 Å². The summed E-state index contributed by atoms with van der Waals surface area (Å²) < 4.78 is 11.1. The maximum atomic E-state index is 5.62. The van der Waals surface area contributed by atoms with E-state index < -0.39 is 0 Å². The summed E-state index contributed by atoms with van der Waals surface area (Å²) in [5.41, 5.74) is 6.39. The summed E-state index contributed by atoms with van der Waals surface area (Å²) in [6, 6.07) is 8.16. The van der Waals surface area contributed by atoms with Gasteiger partial charge in [0, 0.05) is 19.7 Å². The number of nitrogens with zero attached hydrogens (tertiary/aromatic N) is 7. The third kappa shape index (κ3) is 3.37. The Morgan fingerprint density at radius 1 is 0.812 bits per heavy atom. The van der Waals surface area contributed by atoms with Crippen LogP contribution < -0.4 is 4.90 Å². The van der Waals surface area contributed by atoms with Crippen molar-refractivity contribution in [1.82, 2.24) is 30.2 Å². The van der Waals surface area contributed by atoms with Crippen LogP contribution in [-0.4, -0.2) is 44.3 Å². The van der Waals surface area contributed by atoms with Gasteiger partial charge in [-0.3, -0.25) is 0 Å². The molecule has 0 saturated heterocycles. The topological polar surface area (TPSA) is 107 Å². The van der Waals surface area contributed by atoms with Crippen molar-refractivity contribution < 1.29 is 9.05 Å². The van der Waals surface area contributed by atoms with Crippen molar-refractivity contribution in [2.24, 2.45) is 0 Å². The summed E-state index contributed by atoms with van der Waals surface area (Å²) >= 11 is 0. The van der Waals surface area contributed by atoms with Crippen LogP contribution in [0.5, 0.6) is 0 Å². The Kier molecular flexibility index (Phi) is 4.66. The molecule has 0 fully saturated rings. The molecule has 0 spiro atoms. The molecule has 0 amide bonds. The van der Waals surface area contributed by atoms with Crippen LogP contribution in [0.15, 0.2) is 45.7 Å². The largest absolute Gasteiger partial charge is 0.361 e. The molecule has 4 aromatic heterocycles. The van der Waals surface area contributed by atoms with Gasteiger partial charge in [-0.15, -0.1) is 0 Å². The van der Waals surface area contributed by atoms with Crippen molar-refractivity contribution in [3.8, 4) is 34.2 Å². The number of hydrogen-bond acceptors (Lipinski definition) is 9. The first-order valence-corrected chi connectivity index (χ1v) is 10.1. The summed E-state index contributed by atoms with van der Waals surface area (Å²) in [4.78, 5) is 19.9. The average Bonchev–Trinajstić information content (AvgIpc) is 3.41. The highest BCUT2D eigenvalue weighted by Gasteiger charge is 2.21. The molecule has 5 aromatic rings. The van der Waals surface area contributed by atoms with Crippen LogP contribution in [0.1, 0.15) is 16.8 Å². The lowest BCUT2D eigenvalue weighted by Crippen LogP contribution is -2.10. The minimum Gasteiger partial charge on any atom is -0.361 e. The lowest BCUT2D eigenvalue weighted by molar-refractivity contribution is 0.432. The minimum atomic E-state index is 0.336. The van der Waals surface area contributed by atoms with Crippen molar-refractivity contribution in [2.45, 2.75) is 20.8 Å². The average molecular weight is 427 g/mol. The van der Waals surface area contributed by atoms with Gasteiger partial charge in [0.05, 0.1) is 34.7 Å². The fourth-order valence-electron chi connectivity index (χ4n) is 3.61. The molecule has 0 aliphatic carbocycles. The van der Waals surface area contributed by atoms with Gasteiger partial charge in [-0.1, -0.05) is 34.1 Å². The fourth-order valence-corrected chi connectivity index (χ4v) is 3.61. The van der Waals surface area contributed by atoms with Crippen molar-refractivity contribution in [3.63, 3.8) is 0 Å². The number of rotatable bonds is 4. The smallest absolute Gasteiger partial charge is 0.259 e. The van der Waals surface area contributed by atoms with Crippen LogP contribution in [0.2, 0.25) is 0 Å². The molecule has 9 heteroatoms. The first-order valence-electron chi connectivity index (χ1n) is 10.1. The highest BCUT2D eigenvalue weighted by atomic mass is 16.5. The first kappa shape index (κ1) is 19.8. The second-order valence-corrected chi connectivity index (χ2v) is 7.90. The highest BCUT2D eigenvalue weighted by Crippen LogP contribution is 2.34. The Bertz CT molecular complexity index is 1440. The van der Waals surface area contributed by atoms with Gasteiger partial charge < -0.3 is 13.9 Å².